The molecule has 144 valence electrons. The molecule has 2 aromatic carbocycles. The molecule has 1 unspecified atom stereocenters. The van der Waals surface area contributed by atoms with Crippen molar-refractivity contribution in [3.05, 3.63) is 59.2 Å². The summed E-state index contributed by atoms with van der Waals surface area (Å²) in [4.78, 5) is 2.49. The minimum atomic E-state index is 0.159. The van der Waals surface area contributed by atoms with Crippen molar-refractivity contribution in [2.75, 3.05) is 23.3 Å². The fourth-order valence-corrected chi connectivity index (χ4v) is 3.80. The Labute approximate surface area is 169 Å². The summed E-state index contributed by atoms with van der Waals surface area (Å²) in [5, 5.41) is 7.33. The lowest BCUT2D eigenvalue weighted by atomic mass is 9.98. The topological polar surface area (TPSA) is 27.3 Å². The van der Waals surface area contributed by atoms with Crippen molar-refractivity contribution in [3.63, 3.8) is 0 Å². The first-order chi connectivity index (χ1) is 12.9. The van der Waals surface area contributed by atoms with Gasteiger partial charge in [-0.25, -0.2) is 0 Å². The minimum absolute atomic E-state index is 0.159. The van der Waals surface area contributed by atoms with Crippen LogP contribution in [0.3, 0.4) is 0 Å². The smallest absolute Gasteiger partial charge is 0.171 e. The summed E-state index contributed by atoms with van der Waals surface area (Å²) >= 11 is 5.50. The Kier molecular flexibility index (Phi) is 6.38. The van der Waals surface area contributed by atoms with E-state index in [4.69, 9.17) is 12.2 Å². The molecule has 0 amide bonds. The van der Waals surface area contributed by atoms with Crippen molar-refractivity contribution < 1.29 is 0 Å². The quantitative estimate of drug-likeness (QED) is 0.675. The van der Waals surface area contributed by atoms with Crippen LogP contribution in [-0.2, 0) is 0 Å². The van der Waals surface area contributed by atoms with E-state index in [1.165, 1.54) is 35.2 Å². The zero-order chi connectivity index (χ0) is 19.4. The van der Waals surface area contributed by atoms with Crippen LogP contribution in [0.25, 0.3) is 0 Å². The van der Waals surface area contributed by atoms with E-state index < -0.39 is 0 Å². The average molecular weight is 382 g/mol. The number of hydrogen-bond donors (Lipinski definition) is 2. The van der Waals surface area contributed by atoms with Gasteiger partial charge in [0, 0.05) is 24.5 Å². The molecule has 1 atom stereocenters. The van der Waals surface area contributed by atoms with E-state index in [0.29, 0.717) is 5.11 Å². The van der Waals surface area contributed by atoms with Gasteiger partial charge in [-0.3, -0.25) is 0 Å². The van der Waals surface area contributed by atoms with Gasteiger partial charge >= 0.3 is 0 Å². The van der Waals surface area contributed by atoms with Gasteiger partial charge in [0.1, 0.15) is 0 Å². The highest BCUT2D eigenvalue weighted by Gasteiger charge is 2.16. The Bertz CT molecular complexity index is 777. The summed E-state index contributed by atoms with van der Waals surface area (Å²) in [6, 6.07) is 15.4. The highest BCUT2D eigenvalue weighted by atomic mass is 32.1. The normalized spacial score (nSPS) is 16.1. The van der Waals surface area contributed by atoms with Gasteiger partial charge in [-0.15, -0.1) is 0 Å². The second kappa shape index (κ2) is 8.75. The maximum Gasteiger partial charge on any atom is 0.171 e. The summed E-state index contributed by atoms with van der Waals surface area (Å²) in [7, 11) is 0. The Morgan fingerprint density at radius 3 is 2.33 bits per heavy atom. The van der Waals surface area contributed by atoms with Gasteiger partial charge < -0.3 is 15.5 Å². The third-order valence-corrected chi connectivity index (χ3v) is 5.87. The van der Waals surface area contributed by atoms with Crippen molar-refractivity contribution in [1.29, 1.82) is 0 Å². The summed E-state index contributed by atoms with van der Waals surface area (Å²) in [5.41, 5.74) is 6.15. The maximum absolute atomic E-state index is 5.50. The van der Waals surface area contributed by atoms with E-state index in [2.05, 4.69) is 85.7 Å². The van der Waals surface area contributed by atoms with Crippen LogP contribution in [0.4, 0.5) is 11.4 Å². The van der Waals surface area contributed by atoms with Crippen LogP contribution in [0.1, 0.15) is 49.4 Å². The molecule has 1 saturated heterocycles. The Hall–Kier alpha value is -2.07. The predicted octanol–water partition coefficient (Wildman–Crippen LogP) is 5.59. The molecule has 0 spiro atoms. The summed E-state index contributed by atoms with van der Waals surface area (Å²) in [6.07, 6.45) is 2.58. The molecule has 2 aromatic rings. The molecular weight excluding hydrogens is 350 g/mol. The lowest BCUT2D eigenvalue weighted by molar-refractivity contribution is 0.438. The SMILES string of the molecule is Cc1ccc(NC(=S)NC(C)c2ccc(N3CCC(C)CC3)cc2)cc1C. The zero-order valence-electron chi connectivity index (χ0n) is 16.9. The second-order valence-electron chi connectivity index (χ2n) is 7.88. The van der Waals surface area contributed by atoms with E-state index in [0.717, 1.165) is 24.7 Å². The van der Waals surface area contributed by atoms with Crippen molar-refractivity contribution in [2.24, 2.45) is 5.92 Å². The van der Waals surface area contributed by atoms with Crippen LogP contribution >= 0.6 is 12.2 Å². The average Bonchev–Trinajstić information content (AvgIpc) is 2.65. The van der Waals surface area contributed by atoms with Crippen LogP contribution in [0.5, 0.6) is 0 Å². The molecule has 27 heavy (non-hydrogen) atoms. The Balaban J connectivity index is 1.56. The number of thiocarbonyl (C=S) groups is 1. The number of nitrogens with zero attached hydrogens (tertiary/aromatic N) is 1. The molecule has 0 aromatic heterocycles. The molecule has 1 fully saturated rings. The predicted molar refractivity (Wildman–Crippen MR) is 121 cm³/mol. The van der Waals surface area contributed by atoms with Crippen LogP contribution in [0, 0.1) is 19.8 Å². The number of anilines is 2. The highest BCUT2D eigenvalue weighted by Crippen LogP contribution is 2.24. The van der Waals surface area contributed by atoms with E-state index in [1.807, 2.05) is 0 Å². The van der Waals surface area contributed by atoms with E-state index >= 15 is 0 Å². The van der Waals surface area contributed by atoms with Gasteiger partial charge in [0.25, 0.3) is 0 Å². The first-order valence-electron chi connectivity index (χ1n) is 9.92. The van der Waals surface area contributed by atoms with Crippen molar-refractivity contribution in [3.8, 4) is 0 Å². The molecule has 3 rings (SSSR count). The Morgan fingerprint density at radius 2 is 1.70 bits per heavy atom. The van der Waals surface area contributed by atoms with Gasteiger partial charge in [0.15, 0.2) is 5.11 Å². The molecule has 1 aliphatic rings. The standard InChI is InChI=1S/C23H31N3S/c1-16-11-13-26(14-12-16)22-9-6-20(7-10-22)19(4)24-23(27)25-21-8-5-17(2)18(3)15-21/h5-10,15-16,19H,11-14H2,1-4H3,(H2,24,25,27). The molecule has 0 saturated carbocycles. The molecule has 0 bridgehead atoms. The number of hydrogen-bond acceptors (Lipinski definition) is 2. The van der Waals surface area contributed by atoms with Crippen molar-refractivity contribution >= 4 is 28.7 Å². The lowest BCUT2D eigenvalue weighted by Crippen LogP contribution is -2.33. The largest absolute Gasteiger partial charge is 0.372 e. The van der Waals surface area contributed by atoms with Gasteiger partial charge in [0.2, 0.25) is 0 Å². The van der Waals surface area contributed by atoms with Gasteiger partial charge in [0.05, 0.1) is 6.04 Å². The van der Waals surface area contributed by atoms with E-state index in [1.54, 1.807) is 0 Å². The summed E-state index contributed by atoms with van der Waals surface area (Å²) in [6.45, 7) is 11.1. The number of benzene rings is 2. The van der Waals surface area contributed by atoms with E-state index in [9.17, 15) is 0 Å². The first-order valence-corrected chi connectivity index (χ1v) is 10.3. The molecule has 2 N–H and O–H groups in total. The lowest BCUT2D eigenvalue weighted by Gasteiger charge is -2.32. The first kappa shape index (κ1) is 19.7. The fraction of sp³-hybridized carbons (Fsp3) is 0.435. The van der Waals surface area contributed by atoms with Crippen LogP contribution in [0.2, 0.25) is 0 Å². The van der Waals surface area contributed by atoms with Gasteiger partial charge in [-0.05, 0) is 92.7 Å². The number of rotatable bonds is 4. The zero-order valence-corrected chi connectivity index (χ0v) is 17.7. The number of nitrogens with one attached hydrogen (secondary N) is 2. The summed E-state index contributed by atoms with van der Waals surface area (Å²) < 4.78 is 0. The maximum atomic E-state index is 5.50. The highest BCUT2D eigenvalue weighted by molar-refractivity contribution is 7.80. The summed E-state index contributed by atoms with van der Waals surface area (Å²) in [5.74, 6) is 0.857. The van der Waals surface area contributed by atoms with Crippen LogP contribution in [0.15, 0.2) is 42.5 Å². The molecule has 3 nitrogen and oxygen atoms in total. The van der Waals surface area contributed by atoms with Gasteiger partial charge in [-0.2, -0.15) is 0 Å². The van der Waals surface area contributed by atoms with Crippen LogP contribution in [-0.4, -0.2) is 18.2 Å². The van der Waals surface area contributed by atoms with Crippen LogP contribution < -0.4 is 15.5 Å². The molecule has 1 heterocycles. The fourth-order valence-electron chi connectivity index (χ4n) is 3.51. The molecule has 0 aliphatic carbocycles. The Morgan fingerprint density at radius 1 is 1.04 bits per heavy atom. The van der Waals surface area contributed by atoms with Gasteiger partial charge in [-0.1, -0.05) is 25.1 Å². The molecular formula is C23H31N3S. The van der Waals surface area contributed by atoms with E-state index in [-0.39, 0.29) is 6.04 Å². The third kappa shape index (κ3) is 5.23. The molecule has 0 radical (unpaired) electrons. The van der Waals surface area contributed by atoms with Crippen molar-refractivity contribution in [2.45, 2.75) is 46.6 Å². The monoisotopic (exact) mass is 381 g/mol. The number of piperidine rings is 1. The number of aryl methyl sites for hydroxylation is 2. The van der Waals surface area contributed by atoms with Crippen molar-refractivity contribution in [1.82, 2.24) is 5.32 Å². The second-order valence-corrected chi connectivity index (χ2v) is 8.29. The molecule has 1 aliphatic heterocycles. The molecule has 4 heteroatoms. The minimum Gasteiger partial charge on any atom is -0.372 e. The third-order valence-electron chi connectivity index (χ3n) is 5.65.